The van der Waals surface area contributed by atoms with E-state index in [1.807, 2.05) is 47.4 Å². The summed E-state index contributed by atoms with van der Waals surface area (Å²) < 4.78 is 44.3. The van der Waals surface area contributed by atoms with Crippen molar-refractivity contribution in [3.63, 3.8) is 0 Å². The molecule has 7 rings (SSSR count). The zero-order valence-corrected chi connectivity index (χ0v) is 26.0. The molecular formula is C35H29F2N5O3S. The van der Waals surface area contributed by atoms with Gasteiger partial charge < -0.3 is 14.4 Å². The highest BCUT2D eigenvalue weighted by molar-refractivity contribution is 7.18. The van der Waals surface area contributed by atoms with Crippen molar-refractivity contribution in [1.82, 2.24) is 24.6 Å². The molecule has 0 atom stereocenters. The number of hydrogen-bond acceptors (Lipinski definition) is 7. The molecule has 4 aromatic heterocycles. The summed E-state index contributed by atoms with van der Waals surface area (Å²) in [5.74, 6) is -1.64. The van der Waals surface area contributed by atoms with E-state index in [9.17, 15) is 9.18 Å². The Morgan fingerprint density at radius 2 is 1.93 bits per heavy atom. The van der Waals surface area contributed by atoms with Gasteiger partial charge in [-0.1, -0.05) is 12.6 Å². The van der Waals surface area contributed by atoms with Crippen molar-refractivity contribution in [3.05, 3.63) is 95.8 Å². The maximum atomic E-state index is 16.0. The van der Waals surface area contributed by atoms with Gasteiger partial charge in [0, 0.05) is 89.9 Å². The third kappa shape index (κ3) is 5.21. The molecule has 0 N–H and O–H groups in total. The number of aryl methyl sites for hydroxylation is 1. The molecule has 2 aromatic carbocycles. The van der Waals surface area contributed by atoms with Crippen LogP contribution in [0.3, 0.4) is 0 Å². The lowest BCUT2D eigenvalue weighted by molar-refractivity contribution is -0.126. The predicted molar refractivity (Wildman–Crippen MR) is 175 cm³/mol. The van der Waals surface area contributed by atoms with Crippen molar-refractivity contribution >= 4 is 38.2 Å². The topological polar surface area (TPSA) is 82.4 Å². The molecular weight excluding hydrogens is 608 g/mol. The number of rotatable bonds is 8. The summed E-state index contributed by atoms with van der Waals surface area (Å²) in [6.45, 7) is 4.87. The van der Waals surface area contributed by atoms with E-state index < -0.39 is 11.6 Å². The van der Waals surface area contributed by atoms with Crippen LogP contribution in [0.5, 0.6) is 5.75 Å². The number of carbonyl (C=O) groups excluding carboxylic acids is 1. The summed E-state index contributed by atoms with van der Waals surface area (Å²) in [5.41, 5.74) is 5.95. The Hall–Kier alpha value is -5.00. The van der Waals surface area contributed by atoms with Crippen LogP contribution in [0.1, 0.15) is 11.3 Å². The standard InChI is InChI=1S/C35H29F2N5O3S/c1-4-30(43)42-9-7-27-23(19-42)14-22(17-38-27)34-32(31-26(37)15-24(36)16-29(31)45-11-10-44-3)35-25(8-12-46-35)33(40-34)20-5-6-28-21(13-20)18-39-41(28)2/h4-6,8,12-18H,1,7,9-11,19H2,2-3H3. The molecule has 1 amide bonds. The smallest absolute Gasteiger partial charge is 0.246 e. The van der Waals surface area contributed by atoms with E-state index in [-0.39, 0.29) is 30.4 Å². The SMILES string of the molecule is C=CC(=O)N1CCc2ncc(-c3nc(-c4ccc5c(cnn5C)c4)c4ccsc4c3-c3c(F)cc(F)cc3OCCOC)cc2C1. The van der Waals surface area contributed by atoms with E-state index in [1.54, 1.807) is 17.3 Å². The van der Waals surface area contributed by atoms with Gasteiger partial charge in [-0.05, 0) is 41.3 Å². The largest absolute Gasteiger partial charge is 0.490 e. The van der Waals surface area contributed by atoms with E-state index in [1.165, 1.54) is 30.6 Å². The minimum absolute atomic E-state index is 0.0468. The van der Waals surface area contributed by atoms with Gasteiger partial charge in [0.25, 0.3) is 0 Å². The van der Waals surface area contributed by atoms with Crippen LogP contribution >= 0.6 is 11.3 Å². The second-order valence-corrected chi connectivity index (χ2v) is 12.0. The molecule has 1 aliphatic heterocycles. The first-order valence-corrected chi connectivity index (χ1v) is 15.6. The van der Waals surface area contributed by atoms with Crippen molar-refractivity contribution in [1.29, 1.82) is 0 Å². The third-order valence-electron chi connectivity index (χ3n) is 8.24. The van der Waals surface area contributed by atoms with Crippen LogP contribution in [0.25, 0.3) is 54.6 Å². The minimum atomic E-state index is -0.775. The average Bonchev–Trinajstić information content (AvgIpc) is 3.70. The first kappa shape index (κ1) is 29.7. The normalized spacial score (nSPS) is 12.9. The Bertz CT molecular complexity index is 2160. The maximum absolute atomic E-state index is 16.0. The molecule has 0 unspecified atom stereocenters. The lowest BCUT2D eigenvalue weighted by Crippen LogP contribution is -2.35. The number of thiophene rings is 1. The van der Waals surface area contributed by atoms with E-state index in [0.29, 0.717) is 42.0 Å². The number of pyridine rings is 2. The van der Waals surface area contributed by atoms with Crippen molar-refractivity contribution in [2.45, 2.75) is 13.0 Å². The van der Waals surface area contributed by atoms with E-state index in [0.717, 1.165) is 43.9 Å². The fourth-order valence-electron chi connectivity index (χ4n) is 6.01. The first-order valence-electron chi connectivity index (χ1n) is 14.7. The van der Waals surface area contributed by atoms with E-state index >= 15 is 4.39 Å². The summed E-state index contributed by atoms with van der Waals surface area (Å²) in [5, 5.41) is 8.09. The van der Waals surface area contributed by atoms with Crippen LogP contribution in [0.2, 0.25) is 0 Å². The number of fused-ring (bicyclic) bond motifs is 3. The van der Waals surface area contributed by atoms with Crippen LogP contribution < -0.4 is 4.74 Å². The molecule has 0 bridgehead atoms. The monoisotopic (exact) mass is 637 g/mol. The molecule has 0 fully saturated rings. The zero-order chi connectivity index (χ0) is 31.9. The number of halogens is 2. The lowest BCUT2D eigenvalue weighted by Gasteiger charge is -2.27. The van der Waals surface area contributed by atoms with Gasteiger partial charge in [0.15, 0.2) is 0 Å². The van der Waals surface area contributed by atoms with Gasteiger partial charge in [0.2, 0.25) is 5.91 Å². The van der Waals surface area contributed by atoms with Gasteiger partial charge in [0.05, 0.1) is 35.3 Å². The molecule has 1 aliphatic rings. The van der Waals surface area contributed by atoms with Crippen LogP contribution in [0.15, 0.2) is 72.9 Å². The van der Waals surface area contributed by atoms with Crippen molar-refractivity contribution < 1.29 is 23.0 Å². The minimum Gasteiger partial charge on any atom is -0.490 e. The number of amides is 1. The molecule has 6 aromatic rings. The Morgan fingerprint density at radius 3 is 2.76 bits per heavy atom. The Labute approximate surface area is 267 Å². The van der Waals surface area contributed by atoms with Crippen LogP contribution in [0, 0.1) is 11.6 Å². The van der Waals surface area contributed by atoms with Crippen LogP contribution in [-0.4, -0.2) is 57.4 Å². The first-order chi connectivity index (χ1) is 22.4. The van der Waals surface area contributed by atoms with Gasteiger partial charge in [0.1, 0.15) is 24.0 Å². The van der Waals surface area contributed by atoms with Gasteiger partial charge in [-0.3, -0.25) is 14.5 Å². The number of nitrogens with zero attached hydrogens (tertiary/aromatic N) is 5. The van der Waals surface area contributed by atoms with Gasteiger partial charge >= 0.3 is 0 Å². The van der Waals surface area contributed by atoms with Crippen LogP contribution in [0.4, 0.5) is 8.78 Å². The number of benzene rings is 2. The lowest BCUT2D eigenvalue weighted by atomic mass is 9.93. The number of hydrogen-bond donors (Lipinski definition) is 0. The van der Waals surface area contributed by atoms with Gasteiger partial charge in [-0.25, -0.2) is 13.8 Å². The molecule has 0 aliphatic carbocycles. The van der Waals surface area contributed by atoms with Crippen molar-refractivity contribution in [2.24, 2.45) is 7.05 Å². The highest BCUT2D eigenvalue weighted by Gasteiger charge is 2.27. The highest BCUT2D eigenvalue weighted by atomic mass is 32.1. The molecule has 8 nitrogen and oxygen atoms in total. The van der Waals surface area contributed by atoms with Crippen molar-refractivity contribution in [2.75, 3.05) is 26.9 Å². The molecule has 0 radical (unpaired) electrons. The summed E-state index contributed by atoms with van der Waals surface area (Å²) in [7, 11) is 3.42. The predicted octanol–water partition coefficient (Wildman–Crippen LogP) is 6.95. The molecule has 0 saturated heterocycles. The van der Waals surface area contributed by atoms with E-state index in [4.69, 9.17) is 19.4 Å². The average molecular weight is 638 g/mol. The Morgan fingerprint density at radius 1 is 1.07 bits per heavy atom. The Balaban J connectivity index is 1.50. The second kappa shape index (κ2) is 12.1. The van der Waals surface area contributed by atoms with Crippen LogP contribution in [-0.2, 0) is 29.5 Å². The zero-order valence-electron chi connectivity index (χ0n) is 25.2. The third-order valence-corrected chi connectivity index (χ3v) is 9.17. The molecule has 46 heavy (non-hydrogen) atoms. The molecule has 11 heteroatoms. The number of aromatic nitrogens is 4. The van der Waals surface area contributed by atoms with Gasteiger partial charge in [-0.2, -0.15) is 5.10 Å². The summed E-state index contributed by atoms with van der Waals surface area (Å²) in [6, 6.07) is 12.0. The molecule has 232 valence electrons. The summed E-state index contributed by atoms with van der Waals surface area (Å²) in [4.78, 5) is 24.2. The summed E-state index contributed by atoms with van der Waals surface area (Å²) in [6.07, 6.45) is 5.44. The van der Waals surface area contributed by atoms with E-state index in [2.05, 4.69) is 11.7 Å². The number of methoxy groups -OCH3 is 1. The maximum Gasteiger partial charge on any atom is 0.246 e. The summed E-state index contributed by atoms with van der Waals surface area (Å²) >= 11 is 1.44. The molecule has 5 heterocycles. The molecule has 0 spiro atoms. The fourth-order valence-corrected chi connectivity index (χ4v) is 6.96. The van der Waals surface area contributed by atoms with Crippen molar-refractivity contribution in [3.8, 4) is 39.4 Å². The molecule has 0 saturated carbocycles. The quantitative estimate of drug-likeness (QED) is 0.133. The second-order valence-electron chi connectivity index (χ2n) is 11.0. The van der Waals surface area contributed by atoms with Gasteiger partial charge in [-0.15, -0.1) is 11.3 Å². The number of ether oxygens (including phenoxy) is 2. The number of carbonyl (C=O) groups is 1. The Kier molecular flexibility index (Phi) is 7.79. The fraction of sp³-hybridized carbons (Fsp3) is 0.200. The highest BCUT2D eigenvalue weighted by Crippen LogP contribution is 2.47.